The number of methoxy groups -OCH3 is 1. The maximum Gasteiger partial charge on any atom is 0.286 e. The fourth-order valence-corrected chi connectivity index (χ4v) is 2.57. The van der Waals surface area contributed by atoms with Crippen LogP contribution in [0.2, 0.25) is 0 Å². The molecule has 0 radical (unpaired) electrons. The third kappa shape index (κ3) is 4.27. The number of carbonyl (C=O) groups excluding carboxylic acids is 1. The molecule has 8 nitrogen and oxygen atoms in total. The van der Waals surface area contributed by atoms with Crippen molar-refractivity contribution in [3.8, 4) is 11.5 Å². The monoisotopic (exact) mass is 359 g/mol. The topological polar surface area (TPSA) is 108 Å². The number of hydrogen-bond acceptors (Lipinski definition) is 6. The lowest BCUT2D eigenvalue weighted by Crippen LogP contribution is -2.43. The Bertz CT molecular complexity index is 603. The number of nitrogens with zero attached hydrogens (tertiary/aromatic N) is 2. The lowest BCUT2D eigenvalue weighted by molar-refractivity contribution is -0.385. The van der Waals surface area contributed by atoms with Crippen LogP contribution in [0.4, 0.5) is 5.69 Å². The molecule has 9 heteroatoms. The summed E-state index contributed by atoms with van der Waals surface area (Å²) in [5.41, 5.74) is 5.55. The molecule has 2 N–H and O–H groups in total. The Kier molecular flexibility index (Phi) is 7.24. The smallest absolute Gasteiger partial charge is 0.286 e. The van der Waals surface area contributed by atoms with Crippen LogP contribution in [0.5, 0.6) is 11.5 Å². The molecule has 1 aliphatic heterocycles. The highest BCUT2D eigenvalue weighted by Crippen LogP contribution is 2.35. The van der Waals surface area contributed by atoms with Crippen molar-refractivity contribution in [2.24, 2.45) is 5.73 Å². The summed E-state index contributed by atoms with van der Waals surface area (Å²) in [6.45, 7) is 3.13. The molecular weight excluding hydrogens is 338 g/mol. The van der Waals surface area contributed by atoms with Crippen LogP contribution < -0.4 is 15.2 Å². The quantitative estimate of drug-likeness (QED) is 0.636. The van der Waals surface area contributed by atoms with Crippen LogP contribution in [0.15, 0.2) is 12.1 Å². The maximum absolute atomic E-state index is 12.7. The third-order valence-corrected chi connectivity index (χ3v) is 3.84. The summed E-state index contributed by atoms with van der Waals surface area (Å²) in [6, 6.07) is 2.69. The number of nitrogens with two attached hydrogens (primary N) is 1. The van der Waals surface area contributed by atoms with Gasteiger partial charge in [-0.05, 0) is 19.8 Å². The second-order valence-corrected chi connectivity index (χ2v) is 5.34. The van der Waals surface area contributed by atoms with Crippen molar-refractivity contribution in [3.05, 3.63) is 27.8 Å². The third-order valence-electron chi connectivity index (χ3n) is 3.84. The molecule has 0 unspecified atom stereocenters. The fourth-order valence-electron chi connectivity index (χ4n) is 2.57. The van der Waals surface area contributed by atoms with Crippen molar-refractivity contribution in [2.75, 3.05) is 26.8 Å². The van der Waals surface area contributed by atoms with E-state index in [9.17, 15) is 14.9 Å². The van der Waals surface area contributed by atoms with Crippen LogP contribution in [0, 0.1) is 10.1 Å². The largest absolute Gasteiger partial charge is 0.493 e. The lowest BCUT2D eigenvalue weighted by Gasteiger charge is -2.30. The number of likely N-dealkylation sites (tertiary alicyclic amines) is 1. The predicted molar refractivity (Wildman–Crippen MR) is 91.2 cm³/mol. The first-order valence-corrected chi connectivity index (χ1v) is 7.52. The van der Waals surface area contributed by atoms with Gasteiger partial charge < -0.3 is 20.1 Å². The normalized spacial score (nSPS) is 14.7. The van der Waals surface area contributed by atoms with Crippen molar-refractivity contribution >= 4 is 24.0 Å². The first-order valence-electron chi connectivity index (χ1n) is 7.52. The summed E-state index contributed by atoms with van der Waals surface area (Å²) in [6.07, 6.45) is 1.38. The highest BCUT2D eigenvalue weighted by atomic mass is 35.5. The van der Waals surface area contributed by atoms with Gasteiger partial charge in [-0.25, -0.2) is 0 Å². The summed E-state index contributed by atoms with van der Waals surface area (Å²) in [4.78, 5) is 25.0. The predicted octanol–water partition coefficient (Wildman–Crippen LogP) is 1.99. The first kappa shape index (κ1) is 20.0. The minimum Gasteiger partial charge on any atom is -0.493 e. The number of hydrogen-bond donors (Lipinski definition) is 1. The highest BCUT2D eigenvalue weighted by molar-refractivity contribution is 5.99. The zero-order valence-corrected chi connectivity index (χ0v) is 14.5. The van der Waals surface area contributed by atoms with E-state index in [2.05, 4.69) is 0 Å². The van der Waals surface area contributed by atoms with Gasteiger partial charge in [0, 0.05) is 25.2 Å². The van der Waals surface area contributed by atoms with Gasteiger partial charge in [0.2, 0.25) is 0 Å². The second-order valence-electron chi connectivity index (χ2n) is 5.34. The molecule has 0 aromatic heterocycles. The number of nitro benzene ring substituents is 1. The first-order chi connectivity index (χ1) is 11.0. The molecule has 1 aromatic carbocycles. The number of ether oxygens (including phenoxy) is 2. The van der Waals surface area contributed by atoms with Gasteiger partial charge in [-0.3, -0.25) is 14.9 Å². The van der Waals surface area contributed by atoms with Crippen molar-refractivity contribution in [1.29, 1.82) is 0 Å². The molecule has 1 aliphatic rings. The van der Waals surface area contributed by atoms with E-state index < -0.39 is 4.92 Å². The Labute approximate surface area is 146 Å². The molecule has 0 aliphatic carbocycles. The summed E-state index contributed by atoms with van der Waals surface area (Å²) < 4.78 is 10.5. The van der Waals surface area contributed by atoms with E-state index in [1.165, 1.54) is 19.2 Å². The number of halogens is 1. The molecule has 0 bridgehead atoms. The number of nitro groups is 1. The zero-order chi connectivity index (χ0) is 17.0. The van der Waals surface area contributed by atoms with Gasteiger partial charge in [0.05, 0.1) is 24.7 Å². The summed E-state index contributed by atoms with van der Waals surface area (Å²) in [7, 11) is 1.40. The molecular formula is C15H22ClN3O5. The van der Waals surface area contributed by atoms with Gasteiger partial charge in [0.1, 0.15) is 5.56 Å². The zero-order valence-electron chi connectivity index (χ0n) is 13.7. The van der Waals surface area contributed by atoms with Crippen LogP contribution in [0.3, 0.4) is 0 Å². The van der Waals surface area contributed by atoms with Crippen LogP contribution in [0.1, 0.15) is 30.1 Å². The summed E-state index contributed by atoms with van der Waals surface area (Å²) in [5.74, 6) is 0.167. The molecule has 0 spiro atoms. The van der Waals surface area contributed by atoms with Crippen LogP contribution in [-0.2, 0) is 0 Å². The average molecular weight is 360 g/mol. The Balaban J connectivity index is 0.00000288. The lowest BCUT2D eigenvalue weighted by atomic mass is 10.0. The Hall–Kier alpha value is -2.06. The number of benzene rings is 1. The van der Waals surface area contributed by atoms with Gasteiger partial charge in [-0.1, -0.05) is 0 Å². The van der Waals surface area contributed by atoms with E-state index in [-0.39, 0.29) is 41.4 Å². The van der Waals surface area contributed by atoms with Gasteiger partial charge in [0.15, 0.2) is 11.5 Å². The van der Waals surface area contributed by atoms with Crippen LogP contribution in [-0.4, -0.2) is 48.6 Å². The molecule has 1 heterocycles. The van der Waals surface area contributed by atoms with Crippen molar-refractivity contribution in [1.82, 2.24) is 4.90 Å². The molecule has 1 saturated heterocycles. The molecule has 0 atom stereocenters. The van der Waals surface area contributed by atoms with Gasteiger partial charge >= 0.3 is 0 Å². The average Bonchev–Trinajstić information content (AvgIpc) is 2.54. The number of carbonyl (C=O) groups is 1. The molecule has 1 aromatic rings. The van der Waals surface area contributed by atoms with Crippen molar-refractivity contribution in [3.63, 3.8) is 0 Å². The molecule has 1 amide bonds. The molecule has 134 valence electrons. The van der Waals surface area contributed by atoms with Crippen LogP contribution >= 0.6 is 12.4 Å². The van der Waals surface area contributed by atoms with Gasteiger partial charge in [0.25, 0.3) is 11.6 Å². The van der Waals surface area contributed by atoms with Crippen molar-refractivity contribution < 1.29 is 19.2 Å². The molecule has 1 fully saturated rings. The molecule has 24 heavy (non-hydrogen) atoms. The van der Waals surface area contributed by atoms with Gasteiger partial charge in [-0.2, -0.15) is 0 Å². The summed E-state index contributed by atoms with van der Waals surface area (Å²) >= 11 is 0. The maximum atomic E-state index is 12.7. The Morgan fingerprint density at radius 2 is 2.00 bits per heavy atom. The Morgan fingerprint density at radius 1 is 1.38 bits per heavy atom. The van der Waals surface area contributed by atoms with E-state index in [1.54, 1.807) is 11.8 Å². The summed E-state index contributed by atoms with van der Waals surface area (Å²) in [5, 5.41) is 11.3. The standard InChI is InChI=1S/C15H21N3O5.ClH/c1-3-23-14-8-11(12(18(20)21)9-13(14)22-2)15(19)17-6-4-10(16)5-7-17;/h8-10H,3-7,16H2,1-2H3;1H. The minimum absolute atomic E-state index is 0. The van der Waals surface area contributed by atoms with E-state index in [0.717, 1.165) is 0 Å². The van der Waals surface area contributed by atoms with E-state index in [1.807, 2.05) is 0 Å². The number of piperidine rings is 1. The van der Waals surface area contributed by atoms with Crippen LogP contribution in [0.25, 0.3) is 0 Å². The second kappa shape index (κ2) is 8.70. The van der Waals surface area contributed by atoms with E-state index in [4.69, 9.17) is 15.2 Å². The van der Waals surface area contributed by atoms with E-state index in [0.29, 0.717) is 38.3 Å². The molecule has 2 rings (SSSR count). The number of amides is 1. The Morgan fingerprint density at radius 3 is 2.50 bits per heavy atom. The minimum atomic E-state index is -0.582. The molecule has 0 saturated carbocycles. The van der Waals surface area contributed by atoms with E-state index >= 15 is 0 Å². The van der Waals surface area contributed by atoms with Crippen molar-refractivity contribution in [2.45, 2.75) is 25.8 Å². The van der Waals surface area contributed by atoms with Gasteiger partial charge in [-0.15, -0.1) is 12.4 Å². The SMILES string of the molecule is CCOc1cc(C(=O)N2CCC(N)CC2)c([N+](=O)[O-])cc1OC.Cl. The fraction of sp³-hybridized carbons (Fsp3) is 0.533. The number of rotatable bonds is 5. The highest BCUT2D eigenvalue weighted by Gasteiger charge is 2.29.